The van der Waals surface area contributed by atoms with Crippen molar-refractivity contribution in [3.8, 4) is 0 Å². The summed E-state index contributed by atoms with van der Waals surface area (Å²) in [5.74, 6) is -3.59. The average Bonchev–Trinajstić information content (AvgIpc) is 2.66. The van der Waals surface area contributed by atoms with E-state index >= 15 is 0 Å². The predicted octanol–water partition coefficient (Wildman–Crippen LogP) is 0.470. The number of carbonyl (C=O) groups is 3. The van der Waals surface area contributed by atoms with Gasteiger partial charge in [0.1, 0.15) is 23.8 Å². The summed E-state index contributed by atoms with van der Waals surface area (Å²) in [6.45, 7) is -0.136. The first kappa shape index (κ1) is 18.9. The molecule has 142 valence electrons. The highest BCUT2D eigenvalue weighted by Crippen LogP contribution is 2.40. The van der Waals surface area contributed by atoms with Gasteiger partial charge in [0.15, 0.2) is 5.70 Å². The van der Waals surface area contributed by atoms with E-state index in [0.29, 0.717) is 6.42 Å². The van der Waals surface area contributed by atoms with Gasteiger partial charge in [-0.25, -0.2) is 9.18 Å². The van der Waals surface area contributed by atoms with Crippen LogP contribution in [0.1, 0.15) is 5.56 Å². The summed E-state index contributed by atoms with van der Waals surface area (Å²) in [5.41, 5.74) is 3.03. The van der Waals surface area contributed by atoms with Gasteiger partial charge in [0, 0.05) is 18.4 Å². The molecule has 2 amide bonds. The number of carboxylic acids is 1. The van der Waals surface area contributed by atoms with Gasteiger partial charge < -0.3 is 15.8 Å². The third-order valence-corrected chi connectivity index (χ3v) is 5.28. The SMILES string of the molecule is O=C(CN/N=C/Cc1ccccc1)NC1C(=O)N2C(C(=O)O)=C(F)CSC12. The Bertz CT molecular complexity index is 814. The Balaban J connectivity index is 1.46. The molecule has 0 aromatic heterocycles. The van der Waals surface area contributed by atoms with E-state index in [-0.39, 0.29) is 12.3 Å². The molecule has 2 unspecified atom stereocenters. The van der Waals surface area contributed by atoms with Crippen molar-refractivity contribution in [3.63, 3.8) is 0 Å². The molecule has 0 saturated carbocycles. The standard InChI is InChI=1S/C17H17FN4O4S/c18-11-9-27-16-13(15(24)22(16)14(11)17(25)26)21-12(23)8-20-19-7-6-10-4-2-1-3-5-10/h1-5,7,13,16,20H,6,8-9H2,(H,21,23)(H,25,26)/b19-7+. The van der Waals surface area contributed by atoms with Gasteiger partial charge in [-0.05, 0) is 5.56 Å². The highest BCUT2D eigenvalue weighted by Gasteiger charge is 2.54. The molecule has 3 rings (SSSR count). The van der Waals surface area contributed by atoms with Crippen molar-refractivity contribution in [2.24, 2.45) is 5.10 Å². The van der Waals surface area contributed by atoms with Crippen molar-refractivity contribution in [3.05, 3.63) is 47.4 Å². The van der Waals surface area contributed by atoms with Crippen molar-refractivity contribution in [2.75, 3.05) is 12.3 Å². The van der Waals surface area contributed by atoms with Gasteiger partial charge in [0.25, 0.3) is 5.91 Å². The molecule has 0 aliphatic carbocycles. The number of nitrogens with zero attached hydrogens (tertiary/aromatic N) is 2. The third-order valence-electron chi connectivity index (χ3n) is 4.03. The number of carbonyl (C=O) groups excluding carboxylic acids is 2. The second-order valence-electron chi connectivity index (χ2n) is 5.85. The Kier molecular flexibility index (Phi) is 5.75. The van der Waals surface area contributed by atoms with Crippen LogP contribution >= 0.6 is 11.8 Å². The molecule has 2 aliphatic heterocycles. The molecule has 10 heteroatoms. The highest BCUT2D eigenvalue weighted by molar-refractivity contribution is 8.00. The quantitative estimate of drug-likeness (QED) is 0.353. The van der Waals surface area contributed by atoms with Crippen LogP contribution in [0.4, 0.5) is 4.39 Å². The predicted molar refractivity (Wildman–Crippen MR) is 97.4 cm³/mol. The summed E-state index contributed by atoms with van der Waals surface area (Å²) in [4.78, 5) is 36.1. The van der Waals surface area contributed by atoms with Crippen molar-refractivity contribution in [1.29, 1.82) is 0 Å². The van der Waals surface area contributed by atoms with Crippen LogP contribution in [0, 0.1) is 0 Å². The lowest BCUT2D eigenvalue weighted by Gasteiger charge is -2.48. The maximum atomic E-state index is 13.7. The Labute approximate surface area is 158 Å². The lowest BCUT2D eigenvalue weighted by Crippen LogP contribution is -2.70. The smallest absolute Gasteiger partial charge is 0.355 e. The van der Waals surface area contributed by atoms with E-state index in [9.17, 15) is 18.8 Å². The lowest BCUT2D eigenvalue weighted by atomic mass is 10.0. The van der Waals surface area contributed by atoms with Crippen LogP contribution in [-0.4, -0.2) is 57.7 Å². The highest BCUT2D eigenvalue weighted by atomic mass is 32.2. The van der Waals surface area contributed by atoms with Gasteiger partial charge in [-0.2, -0.15) is 5.10 Å². The number of hydrogen-bond acceptors (Lipinski definition) is 6. The number of rotatable bonds is 7. The first-order valence-corrected chi connectivity index (χ1v) is 9.18. The Morgan fingerprint density at radius 1 is 1.37 bits per heavy atom. The molecule has 2 aliphatic rings. The minimum absolute atomic E-state index is 0.136. The van der Waals surface area contributed by atoms with Crippen LogP contribution in [0.2, 0.25) is 0 Å². The molecule has 1 saturated heterocycles. The van der Waals surface area contributed by atoms with E-state index in [4.69, 9.17) is 5.11 Å². The summed E-state index contributed by atoms with van der Waals surface area (Å²) in [5, 5.41) is 14.9. The zero-order valence-electron chi connectivity index (χ0n) is 14.1. The second kappa shape index (κ2) is 8.21. The molecule has 8 nitrogen and oxygen atoms in total. The van der Waals surface area contributed by atoms with Crippen LogP contribution in [0.3, 0.4) is 0 Å². The van der Waals surface area contributed by atoms with Crippen molar-refractivity contribution in [1.82, 2.24) is 15.6 Å². The fourth-order valence-electron chi connectivity index (χ4n) is 2.75. The zero-order valence-corrected chi connectivity index (χ0v) is 14.9. The molecule has 0 radical (unpaired) electrons. The Hall–Kier alpha value is -2.88. The molecule has 3 N–H and O–H groups in total. The van der Waals surface area contributed by atoms with Crippen LogP contribution in [0.5, 0.6) is 0 Å². The van der Waals surface area contributed by atoms with Gasteiger partial charge in [-0.1, -0.05) is 30.3 Å². The van der Waals surface area contributed by atoms with Gasteiger partial charge in [-0.3, -0.25) is 14.5 Å². The molecular formula is C17H17FN4O4S. The van der Waals surface area contributed by atoms with Crippen molar-refractivity contribution in [2.45, 2.75) is 17.8 Å². The molecular weight excluding hydrogens is 375 g/mol. The molecule has 27 heavy (non-hydrogen) atoms. The minimum atomic E-state index is -1.50. The molecule has 1 aromatic carbocycles. The zero-order chi connectivity index (χ0) is 19.4. The lowest BCUT2D eigenvalue weighted by molar-refractivity contribution is -0.150. The monoisotopic (exact) mass is 392 g/mol. The summed E-state index contributed by atoms with van der Waals surface area (Å²) < 4.78 is 13.7. The summed E-state index contributed by atoms with van der Waals surface area (Å²) in [6.07, 6.45) is 2.24. The van der Waals surface area contributed by atoms with Crippen molar-refractivity contribution < 1.29 is 23.9 Å². The van der Waals surface area contributed by atoms with Gasteiger partial charge in [0.05, 0.1) is 0 Å². The van der Waals surface area contributed by atoms with Crippen LogP contribution in [0.15, 0.2) is 47.0 Å². The molecule has 0 spiro atoms. The number of carboxylic acid groups (broad SMARTS) is 1. The van der Waals surface area contributed by atoms with E-state index in [0.717, 1.165) is 22.2 Å². The summed E-state index contributed by atoms with van der Waals surface area (Å²) >= 11 is 1.07. The van der Waals surface area contributed by atoms with Gasteiger partial charge in [-0.15, -0.1) is 11.8 Å². The van der Waals surface area contributed by atoms with Gasteiger partial charge >= 0.3 is 5.97 Å². The number of halogens is 1. The first-order chi connectivity index (χ1) is 13.0. The minimum Gasteiger partial charge on any atom is -0.476 e. The maximum absolute atomic E-state index is 13.7. The molecule has 1 aromatic rings. The molecule has 2 heterocycles. The fraction of sp³-hybridized carbons (Fsp3) is 0.294. The fourth-order valence-corrected chi connectivity index (χ4v) is 3.94. The largest absolute Gasteiger partial charge is 0.476 e. The molecule has 0 bridgehead atoms. The number of nitrogens with one attached hydrogen (secondary N) is 2. The van der Waals surface area contributed by atoms with E-state index < -0.39 is 40.7 Å². The van der Waals surface area contributed by atoms with Crippen LogP contribution in [0.25, 0.3) is 0 Å². The van der Waals surface area contributed by atoms with E-state index in [2.05, 4.69) is 15.8 Å². The summed E-state index contributed by atoms with van der Waals surface area (Å²) in [6, 6.07) is 8.79. The number of β-lactam (4-membered cyclic amide) rings is 1. The van der Waals surface area contributed by atoms with E-state index in [1.807, 2.05) is 30.3 Å². The van der Waals surface area contributed by atoms with Gasteiger partial charge in [0.2, 0.25) is 5.91 Å². The average molecular weight is 392 g/mol. The van der Waals surface area contributed by atoms with Crippen LogP contribution < -0.4 is 10.7 Å². The normalized spacial score (nSPS) is 21.7. The van der Waals surface area contributed by atoms with E-state index in [1.54, 1.807) is 6.21 Å². The maximum Gasteiger partial charge on any atom is 0.355 e. The first-order valence-electron chi connectivity index (χ1n) is 8.13. The number of thioether (sulfide) groups is 1. The summed E-state index contributed by atoms with van der Waals surface area (Å²) in [7, 11) is 0. The molecule has 1 fully saturated rings. The van der Waals surface area contributed by atoms with Crippen LogP contribution in [-0.2, 0) is 20.8 Å². The number of hydrogen-bond donors (Lipinski definition) is 3. The van der Waals surface area contributed by atoms with Crippen molar-refractivity contribution >= 4 is 35.8 Å². The number of amides is 2. The molecule has 2 atom stereocenters. The number of fused-ring (bicyclic) bond motifs is 1. The Morgan fingerprint density at radius 3 is 2.81 bits per heavy atom. The number of hydrazone groups is 1. The van der Waals surface area contributed by atoms with E-state index in [1.165, 1.54) is 0 Å². The second-order valence-corrected chi connectivity index (χ2v) is 6.95. The third kappa shape index (κ3) is 4.11. The Morgan fingerprint density at radius 2 is 2.11 bits per heavy atom. The number of benzene rings is 1. The topological polar surface area (TPSA) is 111 Å². The number of aliphatic carboxylic acids is 1.